The number of benzene rings is 2. The molecule has 2 aromatic rings. The smallest absolute Gasteiger partial charge is 0.243 e. The Labute approximate surface area is 195 Å². The van der Waals surface area contributed by atoms with Gasteiger partial charge in [0.15, 0.2) is 0 Å². The summed E-state index contributed by atoms with van der Waals surface area (Å²) < 4.78 is 0. The Hall–Kier alpha value is -2.57. The molecule has 2 amide bonds. The fourth-order valence-corrected chi connectivity index (χ4v) is 4.83. The highest BCUT2D eigenvalue weighted by Gasteiger charge is 2.37. The van der Waals surface area contributed by atoms with Gasteiger partial charge in [-0.05, 0) is 36.2 Å². The van der Waals surface area contributed by atoms with Crippen molar-refractivity contribution in [1.82, 2.24) is 10.2 Å². The molecule has 170 valence electrons. The number of fused-ring (bicyclic) bond motifs is 1. The van der Waals surface area contributed by atoms with Crippen molar-refractivity contribution in [3.05, 3.63) is 58.6 Å². The van der Waals surface area contributed by atoms with Crippen molar-refractivity contribution in [3.8, 4) is 0 Å². The van der Waals surface area contributed by atoms with Gasteiger partial charge in [-0.25, -0.2) is 0 Å². The Morgan fingerprint density at radius 2 is 1.81 bits per heavy atom. The van der Waals surface area contributed by atoms with E-state index >= 15 is 0 Å². The first kappa shape index (κ1) is 22.6. The van der Waals surface area contributed by atoms with Gasteiger partial charge < -0.3 is 10.2 Å². The van der Waals surface area contributed by atoms with E-state index in [1.54, 1.807) is 4.90 Å². The van der Waals surface area contributed by atoms with E-state index < -0.39 is 6.04 Å². The minimum Gasteiger partial charge on any atom is -0.369 e. The summed E-state index contributed by atoms with van der Waals surface area (Å²) in [6, 6.07) is 13.4. The van der Waals surface area contributed by atoms with Gasteiger partial charge in [0.05, 0.1) is 0 Å². The van der Waals surface area contributed by atoms with E-state index in [1.807, 2.05) is 43.3 Å². The van der Waals surface area contributed by atoms with Crippen LogP contribution >= 0.6 is 11.6 Å². The van der Waals surface area contributed by atoms with E-state index in [-0.39, 0.29) is 11.8 Å². The maximum Gasteiger partial charge on any atom is 0.243 e. The van der Waals surface area contributed by atoms with Crippen LogP contribution in [0.3, 0.4) is 0 Å². The molecule has 2 heterocycles. The molecule has 0 radical (unpaired) electrons. The highest BCUT2D eigenvalue weighted by atomic mass is 35.5. The normalized spacial score (nSPS) is 18.5. The lowest BCUT2D eigenvalue weighted by Crippen LogP contribution is -2.51. The van der Waals surface area contributed by atoms with Gasteiger partial charge >= 0.3 is 0 Å². The van der Waals surface area contributed by atoms with Crippen LogP contribution in [0, 0.1) is 6.92 Å². The number of anilines is 2. The van der Waals surface area contributed by atoms with Crippen LogP contribution in [0.4, 0.5) is 11.4 Å². The first-order valence-corrected chi connectivity index (χ1v) is 11.8. The molecule has 0 bridgehead atoms. The molecule has 0 aliphatic carbocycles. The van der Waals surface area contributed by atoms with Crippen molar-refractivity contribution in [2.45, 2.75) is 32.7 Å². The van der Waals surface area contributed by atoms with E-state index in [9.17, 15) is 9.59 Å². The fraction of sp³-hybridized carbons (Fsp3) is 0.440. The van der Waals surface area contributed by atoms with Gasteiger partial charge in [0.1, 0.15) is 6.04 Å². The van der Waals surface area contributed by atoms with E-state index in [2.05, 4.69) is 28.1 Å². The second-order valence-corrected chi connectivity index (χ2v) is 8.95. The van der Waals surface area contributed by atoms with Gasteiger partial charge in [-0.1, -0.05) is 42.8 Å². The minimum absolute atomic E-state index is 0.0115. The monoisotopic (exact) mass is 454 g/mol. The van der Waals surface area contributed by atoms with Crippen molar-refractivity contribution in [2.24, 2.45) is 0 Å². The molecule has 1 saturated heterocycles. The summed E-state index contributed by atoms with van der Waals surface area (Å²) >= 11 is 6.18. The Morgan fingerprint density at radius 3 is 2.56 bits per heavy atom. The zero-order valence-corrected chi connectivity index (χ0v) is 19.6. The molecule has 7 heteroatoms. The lowest BCUT2D eigenvalue weighted by atomic mass is 10.1. The average Bonchev–Trinajstić information content (AvgIpc) is 3.20. The van der Waals surface area contributed by atoms with Crippen LogP contribution in [-0.2, 0) is 16.0 Å². The first-order valence-electron chi connectivity index (χ1n) is 11.4. The third-order valence-corrected chi connectivity index (χ3v) is 6.70. The Morgan fingerprint density at radius 1 is 1.06 bits per heavy atom. The largest absolute Gasteiger partial charge is 0.369 e. The van der Waals surface area contributed by atoms with Crippen LogP contribution in [0.25, 0.3) is 0 Å². The van der Waals surface area contributed by atoms with Crippen LogP contribution in [0.5, 0.6) is 0 Å². The molecule has 0 saturated carbocycles. The number of hydrogen-bond donors (Lipinski definition) is 1. The first-order chi connectivity index (χ1) is 15.5. The van der Waals surface area contributed by atoms with Gasteiger partial charge in [0.25, 0.3) is 0 Å². The van der Waals surface area contributed by atoms with Crippen molar-refractivity contribution in [1.29, 1.82) is 0 Å². The molecular formula is C25H31ClN4O2. The van der Waals surface area contributed by atoms with Gasteiger partial charge in [-0.15, -0.1) is 0 Å². The number of piperazine rings is 1. The summed E-state index contributed by atoms with van der Waals surface area (Å²) in [5.41, 5.74) is 4.36. The standard InChI is InChI=1S/C25H31ClN4O2/c1-3-24(31)30-21-7-5-4-6-19(21)16-23(30)25(32)27-10-11-28-12-14-29(15-13-28)22-17-20(26)9-8-18(22)2/h4-9,17,23H,3,10-16H2,1-2H3,(H,27,32)/t23-/m1/s1. The maximum absolute atomic E-state index is 12.9. The molecule has 4 rings (SSSR count). The van der Waals surface area contributed by atoms with Crippen LogP contribution < -0.4 is 15.1 Å². The van der Waals surface area contributed by atoms with Gasteiger partial charge in [0, 0.05) is 68.5 Å². The van der Waals surface area contributed by atoms with Crippen LogP contribution in [-0.4, -0.2) is 62.0 Å². The summed E-state index contributed by atoms with van der Waals surface area (Å²) in [5.74, 6) is -0.0845. The van der Waals surface area contributed by atoms with Crippen molar-refractivity contribution in [2.75, 3.05) is 49.1 Å². The number of halogens is 1. The predicted octanol–water partition coefficient (Wildman–Crippen LogP) is 3.25. The number of carbonyl (C=O) groups excluding carboxylic acids is 2. The third kappa shape index (κ3) is 4.76. The predicted molar refractivity (Wildman–Crippen MR) is 130 cm³/mol. The van der Waals surface area contributed by atoms with Crippen molar-refractivity contribution < 1.29 is 9.59 Å². The number of nitrogens with zero attached hydrogens (tertiary/aromatic N) is 3. The molecule has 0 spiro atoms. The minimum atomic E-state index is -0.456. The molecule has 0 aromatic heterocycles. The Bertz CT molecular complexity index is 988. The summed E-state index contributed by atoms with van der Waals surface area (Å²) in [6.07, 6.45) is 0.958. The van der Waals surface area contributed by atoms with E-state index in [1.165, 1.54) is 11.3 Å². The molecule has 6 nitrogen and oxygen atoms in total. The molecule has 2 aliphatic heterocycles. The second-order valence-electron chi connectivity index (χ2n) is 8.52. The summed E-state index contributed by atoms with van der Waals surface area (Å²) in [4.78, 5) is 31.9. The molecule has 1 fully saturated rings. The number of para-hydroxylation sites is 1. The summed E-state index contributed by atoms with van der Waals surface area (Å²) in [6.45, 7) is 9.09. The molecular weight excluding hydrogens is 424 g/mol. The Kier molecular flexibility index (Phi) is 7.01. The number of aryl methyl sites for hydroxylation is 1. The lowest BCUT2D eigenvalue weighted by molar-refractivity contribution is -0.126. The maximum atomic E-state index is 12.9. The van der Waals surface area contributed by atoms with Crippen LogP contribution in [0.2, 0.25) is 5.02 Å². The number of amides is 2. The molecule has 1 N–H and O–H groups in total. The number of rotatable bonds is 6. The topological polar surface area (TPSA) is 55.9 Å². The number of hydrogen-bond acceptors (Lipinski definition) is 4. The quantitative estimate of drug-likeness (QED) is 0.728. The molecule has 1 atom stereocenters. The fourth-order valence-electron chi connectivity index (χ4n) is 4.67. The highest BCUT2D eigenvalue weighted by Crippen LogP contribution is 2.32. The van der Waals surface area contributed by atoms with Crippen LogP contribution in [0.1, 0.15) is 24.5 Å². The van der Waals surface area contributed by atoms with Gasteiger partial charge in [-0.2, -0.15) is 0 Å². The van der Waals surface area contributed by atoms with Crippen molar-refractivity contribution in [3.63, 3.8) is 0 Å². The van der Waals surface area contributed by atoms with Gasteiger partial charge in [-0.3, -0.25) is 19.4 Å². The zero-order valence-electron chi connectivity index (χ0n) is 18.8. The molecule has 0 unspecified atom stereocenters. The van der Waals surface area contributed by atoms with Crippen molar-refractivity contribution >= 4 is 34.8 Å². The van der Waals surface area contributed by atoms with Crippen LogP contribution in [0.15, 0.2) is 42.5 Å². The van der Waals surface area contributed by atoms with E-state index in [4.69, 9.17) is 11.6 Å². The van der Waals surface area contributed by atoms with E-state index in [0.717, 1.165) is 49.0 Å². The lowest BCUT2D eigenvalue weighted by Gasteiger charge is -2.37. The number of carbonyl (C=O) groups is 2. The summed E-state index contributed by atoms with van der Waals surface area (Å²) in [5, 5.41) is 3.83. The average molecular weight is 455 g/mol. The molecule has 2 aromatic carbocycles. The zero-order chi connectivity index (χ0) is 22.7. The summed E-state index contributed by atoms with van der Waals surface area (Å²) in [7, 11) is 0. The number of nitrogens with one attached hydrogen (secondary N) is 1. The SMILES string of the molecule is CCC(=O)N1c2ccccc2C[C@@H]1C(=O)NCCN1CCN(c2cc(Cl)ccc2C)CC1. The third-order valence-electron chi connectivity index (χ3n) is 6.46. The Balaban J connectivity index is 1.27. The van der Waals surface area contributed by atoms with Gasteiger partial charge in [0.2, 0.25) is 11.8 Å². The molecule has 32 heavy (non-hydrogen) atoms. The van der Waals surface area contributed by atoms with E-state index in [0.29, 0.717) is 19.4 Å². The highest BCUT2D eigenvalue weighted by molar-refractivity contribution is 6.30. The second kappa shape index (κ2) is 9.92. The molecule has 2 aliphatic rings.